The standard InChI is InChI=1S/C20H23N5O4/c1-4-29-15-7-5-14(6-8-15)21-20(26)17(19-22-24-25-23-19)12-13-11-16(27-2)9-10-18(13)28-3/h5-11,17H,4,12H2,1-3H3,(H2,21,22,23,24,25,26)/p-1/t17-/m1/s1. The Labute approximate surface area is 168 Å². The van der Waals surface area contributed by atoms with E-state index in [0.29, 0.717) is 23.8 Å². The van der Waals surface area contributed by atoms with E-state index < -0.39 is 5.92 Å². The van der Waals surface area contributed by atoms with Crippen LogP contribution in [0.1, 0.15) is 24.2 Å². The predicted octanol–water partition coefficient (Wildman–Crippen LogP) is 2.21. The molecule has 152 valence electrons. The zero-order valence-corrected chi connectivity index (χ0v) is 16.5. The van der Waals surface area contributed by atoms with Gasteiger partial charge < -0.3 is 24.6 Å². The van der Waals surface area contributed by atoms with Crippen molar-refractivity contribution in [3.63, 3.8) is 0 Å². The van der Waals surface area contributed by atoms with E-state index in [-0.39, 0.29) is 18.2 Å². The molecular formula is C20H22N5O4-. The minimum absolute atomic E-state index is 0.235. The van der Waals surface area contributed by atoms with E-state index in [1.807, 2.05) is 13.0 Å². The Kier molecular flexibility index (Phi) is 6.62. The van der Waals surface area contributed by atoms with Gasteiger partial charge in [0.25, 0.3) is 0 Å². The molecule has 3 aromatic rings. The van der Waals surface area contributed by atoms with E-state index >= 15 is 0 Å². The molecule has 3 rings (SSSR count). The highest BCUT2D eigenvalue weighted by molar-refractivity contribution is 5.95. The summed E-state index contributed by atoms with van der Waals surface area (Å²) in [6, 6.07) is 12.5. The van der Waals surface area contributed by atoms with Gasteiger partial charge in [-0.3, -0.25) is 15.1 Å². The van der Waals surface area contributed by atoms with Crippen LogP contribution >= 0.6 is 0 Å². The summed E-state index contributed by atoms with van der Waals surface area (Å²) in [7, 11) is 3.15. The number of anilines is 1. The zero-order chi connectivity index (χ0) is 20.6. The first kappa shape index (κ1) is 20.1. The molecule has 1 amide bonds. The highest BCUT2D eigenvalue weighted by Gasteiger charge is 2.23. The van der Waals surface area contributed by atoms with Crippen molar-refractivity contribution in [3.8, 4) is 17.2 Å². The normalized spacial score (nSPS) is 11.6. The third-order valence-corrected chi connectivity index (χ3v) is 4.31. The fraction of sp³-hybridized carbons (Fsp3) is 0.300. The number of hydrogen-bond acceptors (Lipinski definition) is 7. The number of ether oxygens (including phenoxy) is 3. The minimum atomic E-state index is -0.711. The van der Waals surface area contributed by atoms with Crippen molar-refractivity contribution in [1.82, 2.24) is 20.6 Å². The van der Waals surface area contributed by atoms with Crippen LogP contribution in [0.5, 0.6) is 17.2 Å². The number of nitrogens with one attached hydrogen (secondary N) is 1. The van der Waals surface area contributed by atoms with Gasteiger partial charge in [0, 0.05) is 11.5 Å². The molecule has 0 aliphatic rings. The molecule has 0 bridgehead atoms. The van der Waals surface area contributed by atoms with Crippen LogP contribution in [0.15, 0.2) is 42.5 Å². The Balaban J connectivity index is 1.83. The summed E-state index contributed by atoms with van der Waals surface area (Å²) in [6.45, 7) is 2.49. The van der Waals surface area contributed by atoms with Crippen molar-refractivity contribution in [2.24, 2.45) is 0 Å². The molecule has 0 fully saturated rings. The Morgan fingerprint density at radius 3 is 2.48 bits per heavy atom. The Morgan fingerprint density at radius 1 is 1.10 bits per heavy atom. The van der Waals surface area contributed by atoms with Crippen LogP contribution in [0.4, 0.5) is 5.69 Å². The summed E-state index contributed by atoms with van der Waals surface area (Å²) in [5, 5.41) is 17.7. The van der Waals surface area contributed by atoms with Crippen molar-refractivity contribution in [2.75, 3.05) is 26.1 Å². The minimum Gasteiger partial charge on any atom is -0.497 e. The van der Waals surface area contributed by atoms with Crippen LogP contribution in [-0.4, -0.2) is 42.3 Å². The second-order valence-electron chi connectivity index (χ2n) is 6.12. The molecule has 0 radical (unpaired) electrons. The van der Waals surface area contributed by atoms with E-state index in [0.717, 1.165) is 11.3 Å². The molecule has 29 heavy (non-hydrogen) atoms. The van der Waals surface area contributed by atoms with Crippen molar-refractivity contribution in [1.29, 1.82) is 0 Å². The summed E-state index contributed by atoms with van der Waals surface area (Å²) in [5.74, 6) is 1.27. The van der Waals surface area contributed by atoms with Crippen molar-refractivity contribution in [3.05, 3.63) is 53.9 Å². The molecular weight excluding hydrogens is 374 g/mol. The lowest BCUT2D eigenvalue weighted by atomic mass is 9.96. The smallest absolute Gasteiger partial charge is 0.232 e. The van der Waals surface area contributed by atoms with Crippen molar-refractivity contribution >= 4 is 11.6 Å². The maximum atomic E-state index is 13.0. The molecule has 1 heterocycles. The molecule has 1 N–H and O–H groups in total. The number of amides is 1. The number of carbonyl (C=O) groups excluding carboxylic acids is 1. The molecule has 0 aliphatic heterocycles. The Morgan fingerprint density at radius 2 is 1.86 bits per heavy atom. The second kappa shape index (κ2) is 9.54. The molecule has 0 aliphatic carbocycles. The van der Waals surface area contributed by atoms with Crippen LogP contribution in [0.25, 0.3) is 0 Å². The molecule has 9 nitrogen and oxygen atoms in total. The van der Waals surface area contributed by atoms with Gasteiger partial charge in [0.2, 0.25) is 5.91 Å². The van der Waals surface area contributed by atoms with E-state index in [1.54, 1.807) is 50.6 Å². The highest BCUT2D eigenvalue weighted by Crippen LogP contribution is 2.29. The number of carbonyl (C=O) groups is 1. The second-order valence-corrected chi connectivity index (χ2v) is 6.12. The van der Waals surface area contributed by atoms with Gasteiger partial charge in [0.15, 0.2) is 0 Å². The number of benzene rings is 2. The Bertz CT molecular complexity index is 929. The van der Waals surface area contributed by atoms with Gasteiger partial charge in [-0.15, -0.1) is 0 Å². The van der Waals surface area contributed by atoms with Gasteiger partial charge >= 0.3 is 0 Å². The first-order valence-electron chi connectivity index (χ1n) is 9.07. The van der Waals surface area contributed by atoms with Gasteiger partial charge in [-0.25, -0.2) is 0 Å². The number of hydrogen-bond donors (Lipinski definition) is 1. The molecule has 1 aromatic heterocycles. The van der Waals surface area contributed by atoms with Gasteiger partial charge in [0.1, 0.15) is 17.2 Å². The van der Waals surface area contributed by atoms with E-state index in [4.69, 9.17) is 14.2 Å². The van der Waals surface area contributed by atoms with Gasteiger partial charge in [-0.05, 0) is 61.4 Å². The maximum absolute atomic E-state index is 13.0. The lowest BCUT2D eigenvalue weighted by Gasteiger charge is -2.19. The molecule has 0 spiro atoms. The third-order valence-electron chi connectivity index (χ3n) is 4.31. The fourth-order valence-corrected chi connectivity index (χ4v) is 2.88. The molecule has 1 atom stereocenters. The predicted molar refractivity (Wildman–Crippen MR) is 105 cm³/mol. The summed E-state index contributed by atoms with van der Waals surface area (Å²) < 4.78 is 16.1. The van der Waals surface area contributed by atoms with Gasteiger partial charge in [0.05, 0.1) is 26.7 Å². The number of tetrazole rings is 1. The number of aromatic nitrogens is 4. The van der Waals surface area contributed by atoms with Crippen LogP contribution in [0.2, 0.25) is 0 Å². The van der Waals surface area contributed by atoms with Gasteiger partial charge in [-0.2, -0.15) is 5.21 Å². The Hall–Kier alpha value is -3.62. The first-order chi connectivity index (χ1) is 14.1. The zero-order valence-electron chi connectivity index (χ0n) is 16.5. The third kappa shape index (κ3) is 5.01. The van der Waals surface area contributed by atoms with Crippen LogP contribution < -0.4 is 24.6 Å². The summed E-state index contributed by atoms with van der Waals surface area (Å²) in [4.78, 5) is 13.0. The monoisotopic (exact) mass is 396 g/mol. The average Bonchev–Trinajstić information content (AvgIpc) is 3.27. The topological polar surface area (TPSA) is 110 Å². The van der Waals surface area contributed by atoms with Crippen LogP contribution in [0.3, 0.4) is 0 Å². The molecule has 0 unspecified atom stereocenters. The van der Waals surface area contributed by atoms with Crippen molar-refractivity contribution < 1.29 is 19.0 Å². The molecule has 0 saturated carbocycles. The van der Waals surface area contributed by atoms with Crippen LogP contribution in [-0.2, 0) is 11.2 Å². The van der Waals surface area contributed by atoms with Crippen molar-refractivity contribution in [2.45, 2.75) is 19.3 Å². The van der Waals surface area contributed by atoms with E-state index in [9.17, 15) is 4.79 Å². The van der Waals surface area contributed by atoms with Crippen LogP contribution in [0, 0.1) is 0 Å². The lowest BCUT2D eigenvalue weighted by molar-refractivity contribution is -0.117. The summed E-state index contributed by atoms with van der Waals surface area (Å²) >= 11 is 0. The lowest BCUT2D eigenvalue weighted by Crippen LogP contribution is -2.24. The highest BCUT2D eigenvalue weighted by atomic mass is 16.5. The quantitative estimate of drug-likeness (QED) is 0.586. The van der Waals surface area contributed by atoms with E-state index in [1.165, 1.54) is 0 Å². The number of rotatable bonds is 9. The van der Waals surface area contributed by atoms with E-state index in [2.05, 4.69) is 25.9 Å². The average molecular weight is 396 g/mol. The fourth-order valence-electron chi connectivity index (χ4n) is 2.88. The van der Waals surface area contributed by atoms with Gasteiger partial charge in [-0.1, -0.05) is 0 Å². The molecule has 2 aromatic carbocycles. The number of nitrogens with zero attached hydrogens (tertiary/aromatic N) is 4. The molecule has 9 heteroatoms. The number of methoxy groups -OCH3 is 2. The summed E-state index contributed by atoms with van der Waals surface area (Å²) in [6.07, 6.45) is 0.288. The maximum Gasteiger partial charge on any atom is 0.232 e. The molecule has 0 saturated heterocycles. The largest absolute Gasteiger partial charge is 0.497 e. The summed E-state index contributed by atoms with van der Waals surface area (Å²) in [5.41, 5.74) is 1.41. The SMILES string of the molecule is CCOc1ccc(NC(=O)[C@H](Cc2cc(OC)ccc2OC)c2nnn[n-]2)cc1. The first-order valence-corrected chi connectivity index (χ1v) is 9.07.